The SMILES string of the molecule is Cc1ccc(NC(=O)C(C)Sc2nc3ccccc3n2-c2ccc(CCNC3CCN(C(=O)OC(C)(C)C)CC3)cc2)c(Cl)c1. The molecule has 4 aromatic rings. The summed E-state index contributed by atoms with van der Waals surface area (Å²) < 4.78 is 7.63. The van der Waals surface area contributed by atoms with E-state index in [4.69, 9.17) is 21.3 Å². The zero-order valence-electron chi connectivity index (χ0n) is 26.6. The highest BCUT2D eigenvalue weighted by Crippen LogP contribution is 2.32. The van der Waals surface area contributed by atoms with Crippen LogP contribution in [0.3, 0.4) is 0 Å². The summed E-state index contributed by atoms with van der Waals surface area (Å²) in [5, 5.41) is 7.49. The number of thioether (sulfide) groups is 1. The minimum Gasteiger partial charge on any atom is -0.444 e. The molecule has 238 valence electrons. The number of aromatic nitrogens is 2. The molecule has 10 heteroatoms. The zero-order chi connectivity index (χ0) is 32.1. The number of amides is 2. The van der Waals surface area contributed by atoms with Crippen LogP contribution < -0.4 is 10.6 Å². The average molecular weight is 648 g/mol. The number of nitrogens with zero attached hydrogens (tertiary/aromatic N) is 3. The molecule has 8 nitrogen and oxygen atoms in total. The third kappa shape index (κ3) is 8.60. The van der Waals surface area contributed by atoms with Crippen molar-refractivity contribution in [1.29, 1.82) is 0 Å². The number of rotatable bonds is 9. The second-order valence-corrected chi connectivity index (χ2v) is 14.3. The Balaban J connectivity index is 1.19. The van der Waals surface area contributed by atoms with Crippen LogP contribution in [0.25, 0.3) is 16.7 Å². The Morgan fingerprint density at radius 1 is 1.07 bits per heavy atom. The van der Waals surface area contributed by atoms with Gasteiger partial charge in [0, 0.05) is 24.8 Å². The van der Waals surface area contributed by atoms with E-state index in [1.165, 1.54) is 17.3 Å². The highest BCUT2D eigenvalue weighted by molar-refractivity contribution is 8.00. The first kappa shape index (κ1) is 32.9. The van der Waals surface area contributed by atoms with Gasteiger partial charge in [0.25, 0.3) is 0 Å². The van der Waals surface area contributed by atoms with Gasteiger partial charge in [-0.1, -0.05) is 53.7 Å². The summed E-state index contributed by atoms with van der Waals surface area (Å²) in [4.78, 5) is 32.2. The van der Waals surface area contributed by atoms with E-state index >= 15 is 0 Å². The van der Waals surface area contributed by atoms with Crippen molar-refractivity contribution in [1.82, 2.24) is 19.8 Å². The summed E-state index contributed by atoms with van der Waals surface area (Å²) in [6, 6.07) is 22.5. The second kappa shape index (κ2) is 14.3. The number of hydrogen-bond donors (Lipinski definition) is 2. The molecular weight excluding hydrogens is 606 g/mol. The van der Waals surface area contributed by atoms with E-state index in [1.807, 2.05) is 71.0 Å². The van der Waals surface area contributed by atoms with Crippen molar-refractivity contribution in [3.05, 3.63) is 82.9 Å². The number of benzene rings is 3. The van der Waals surface area contributed by atoms with Gasteiger partial charge in [0.1, 0.15) is 5.60 Å². The molecule has 3 aromatic carbocycles. The number of anilines is 1. The third-order valence-electron chi connectivity index (χ3n) is 7.75. The summed E-state index contributed by atoms with van der Waals surface area (Å²) in [7, 11) is 0. The predicted molar refractivity (Wildman–Crippen MR) is 184 cm³/mol. The van der Waals surface area contributed by atoms with E-state index in [9.17, 15) is 9.59 Å². The number of carbonyl (C=O) groups is 2. The number of likely N-dealkylation sites (tertiary alicyclic amines) is 1. The van der Waals surface area contributed by atoms with Gasteiger partial charge in [-0.15, -0.1) is 0 Å². The van der Waals surface area contributed by atoms with Crippen LogP contribution in [0.1, 0.15) is 51.7 Å². The van der Waals surface area contributed by atoms with E-state index in [0.29, 0.717) is 29.8 Å². The maximum Gasteiger partial charge on any atom is 0.410 e. The maximum absolute atomic E-state index is 13.1. The molecule has 1 fully saturated rings. The highest BCUT2D eigenvalue weighted by Gasteiger charge is 2.26. The van der Waals surface area contributed by atoms with E-state index in [0.717, 1.165) is 53.2 Å². The highest BCUT2D eigenvalue weighted by atomic mass is 35.5. The number of fused-ring (bicyclic) bond motifs is 1. The van der Waals surface area contributed by atoms with E-state index in [1.54, 1.807) is 4.90 Å². The normalized spacial score (nSPS) is 14.8. The summed E-state index contributed by atoms with van der Waals surface area (Å²) in [5.74, 6) is -0.136. The van der Waals surface area contributed by atoms with Crippen molar-refractivity contribution in [3.63, 3.8) is 0 Å². The fourth-order valence-corrected chi connectivity index (χ4v) is 6.55. The van der Waals surface area contributed by atoms with E-state index < -0.39 is 10.9 Å². The lowest BCUT2D eigenvalue weighted by molar-refractivity contribution is -0.115. The van der Waals surface area contributed by atoms with Crippen LogP contribution in [0.2, 0.25) is 5.02 Å². The minimum atomic E-state index is -0.473. The number of nitrogens with one attached hydrogen (secondary N) is 2. The number of aryl methyl sites for hydroxylation is 1. The predicted octanol–water partition coefficient (Wildman–Crippen LogP) is 7.64. The maximum atomic E-state index is 13.1. The van der Waals surface area contributed by atoms with Gasteiger partial charge in [-0.05, 0) is 108 Å². The van der Waals surface area contributed by atoms with Crippen molar-refractivity contribution in [2.75, 3.05) is 25.0 Å². The Bertz CT molecular complexity index is 1640. The first-order valence-corrected chi connectivity index (χ1v) is 16.7. The molecule has 2 heterocycles. The van der Waals surface area contributed by atoms with E-state index in [2.05, 4.69) is 45.5 Å². The van der Waals surface area contributed by atoms with Gasteiger partial charge in [-0.2, -0.15) is 0 Å². The molecule has 2 amide bonds. The zero-order valence-corrected chi connectivity index (χ0v) is 28.2. The lowest BCUT2D eigenvalue weighted by atomic mass is 10.0. The van der Waals surface area contributed by atoms with Gasteiger partial charge >= 0.3 is 6.09 Å². The topological polar surface area (TPSA) is 88.5 Å². The largest absolute Gasteiger partial charge is 0.444 e. The van der Waals surface area contributed by atoms with Crippen molar-refractivity contribution >= 4 is 52.1 Å². The Labute approximate surface area is 274 Å². The summed E-state index contributed by atoms with van der Waals surface area (Å²) in [6.45, 7) is 11.8. The first-order valence-electron chi connectivity index (χ1n) is 15.5. The summed E-state index contributed by atoms with van der Waals surface area (Å²) >= 11 is 7.77. The quantitative estimate of drug-likeness (QED) is 0.182. The first-order chi connectivity index (χ1) is 21.5. The number of piperidine rings is 1. The van der Waals surface area contributed by atoms with E-state index in [-0.39, 0.29) is 12.0 Å². The number of ether oxygens (including phenoxy) is 1. The van der Waals surface area contributed by atoms with Crippen LogP contribution in [0.5, 0.6) is 0 Å². The molecule has 0 aliphatic carbocycles. The number of para-hydroxylation sites is 2. The van der Waals surface area contributed by atoms with Crippen molar-refractivity contribution in [3.8, 4) is 5.69 Å². The summed E-state index contributed by atoms with van der Waals surface area (Å²) in [6.07, 6.45) is 2.51. The number of halogens is 1. The molecule has 1 aliphatic rings. The monoisotopic (exact) mass is 647 g/mol. The van der Waals surface area contributed by atoms with Crippen LogP contribution in [0, 0.1) is 6.92 Å². The molecule has 1 saturated heterocycles. The second-order valence-electron chi connectivity index (χ2n) is 12.6. The van der Waals surface area contributed by atoms with Crippen LogP contribution in [-0.2, 0) is 16.0 Å². The van der Waals surface area contributed by atoms with Crippen LogP contribution in [0.4, 0.5) is 10.5 Å². The molecule has 0 radical (unpaired) electrons. The van der Waals surface area contributed by atoms with Gasteiger partial charge in [-0.25, -0.2) is 9.78 Å². The lowest BCUT2D eigenvalue weighted by Crippen LogP contribution is -2.46. The lowest BCUT2D eigenvalue weighted by Gasteiger charge is -2.33. The standard InChI is InChI=1S/C35H42ClN5O3S/c1-23-10-15-29(28(36)22-23)38-32(42)24(2)45-33-39-30-8-6-7-9-31(30)41(33)27-13-11-25(12-14-27)16-19-37-26-17-20-40(21-18-26)34(43)44-35(3,4)5/h6-15,22,24,26,37H,16-21H2,1-5H3,(H,38,42). The molecule has 0 spiro atoms. The van der Waals surface area contributed by atoms with Crippen LogP contribution >= 0.6 is 23.4 Å². The fourth-order valence-electron chi connectivity index (χ4n) is 5.32. The minimum absolute atomic E-state index is 0.136. The molecule has 1 aromatic heterocycles. The number of hydrogen-bond acceptors (Lipinski definition) is 6. The molecule has 1 aliphatic heterocycles. The van der Waals surface area contributed by atoms with Crippen molar-refractivity contribution < 1.29 is 14.3 Å². The summed E-state index contributed by atoms with van der Waals surface area (Å²) in [5.41, 5.74) is 5.25. The number of imidazole rings is 1. The van der Waals surface area contributed by atoms with Gasteiger partial charge in [0.15, 0.2) is 5.16 Å². The third-order valence-corrected chi connectivity index (χ3v) is 9.12. The smallest absolute Gasteiger partial charge is 0.410 e. The molecule has 2 N–H and O–H groups in total. The Morgan fingerprint density at radius 3 is 2.47 bits per heavy atom. The molecule has 1 atom stereocenters. The number of carbonyl (C=O) groups excluding carboxylic acids is 2. The average Bonchev–Trinajstić information content (AvgIpc) is 3.36. The van der Waals surface area contributed by atoms with Gasteiger partial charge in [-0.3, -0.25) is 9.36 Å². The molecular formula is C35H42ClN5O3S. The van der Waals surface area contributed by atoms with Gasteiger partial charge in [0.2, 0.25) is 5.91 Å². The van der Waals surface area contributed by atoms with Gasteiger partial charge in [0.05, 0.1) is 27.0 Å². The molecule has 45 heavy (non-hydrogen) atoms. The van der Waals surface area contributed by atoms with Crippen molar-refractivity contribution in [2.24, 2.45) is 0 Å². The van der Waals surface area contributed by atoms with Gasteiger partial charge < -0.3 is 20.3 Å². The molecule has 1 unspecified atom stereocenters. The van der Waals surface area contributed by atoms with Crippen LogP contribution in [0.15, 0.2) is 71.9 Å². The molecule has 0 saturated carbocycles. The Morgan fingerprint density at radius 2 is 1.78 bits per heavy atom. The Hall–Kier alpha value is -3.53. The fraction of sp³-hybridized carbons (Fsp3) is 0.400. The van der Waals surface area contributed by atoms with Crippen molar-refractivity contribution in [2.45, 2.75) is 75.9 Å². The molecule has 0 bridgehead atoms. The Kier molecular flexibility index (Phi) is 10.4. The van der Waals surface area contributed by atoms with Crippen LogP contribution in [-0.4, -0.2) is 63.0 Å². The molecule has 5 rings (SSSR count).